The summed E-state index contributed by atoms with van der Waals surface area (Å²) in [5, 5.41) is 9.66. The van der Waals surface area contributed by atoms with Gasteiger partial charge in [-0.15, -0.1) is 6.58 Å². The second-order valence-electron chi connectivity index (χ2n) is 19.2. The molecule has 0 unspecified atom stereocenters. The van der Waals surface area contributed by atoms with Crippen LogP contribution in [-0.2, 0) is 29.4 Å². The fraction of sp³-hybridized carbons (Fsp3) is 0.622. The van der Waals surface area contributed by atoms with Crippen LogP contribution < -0.4 is 25.4 Å². The average Bonchev–Trinajstić information content (AvgIpc) is 3.61. The molecule has 61 heavy (non-hydrogen) atoms. The molecule has 15 nitrogen and oxygen atoms in total. The van der Waals surface area contributed by atoms with Gasteiger partial charge in [0, 0.05) is 41.9 Å². The maximum Gasteiger partial charge on any atom is 0.303 e. The highest BCUT2D eigenvalue weighted by Gasteiger charge is 2.85. The fourth-order valence-corrected chi connectivity index (χ4v) is 13.1. The first-order valence-electron chi connectivity index (χ1n) is 21.9. The van der Waals surface area contributed by atoms with Crippen LogP contribution in [0.25, 0.3) is 10.9 Å². The van der Waals surface area contributed by atoms with Gasteiger partial charge in [-0.1, -0.05) is 52.2 Å². The Balaban J connectivity index is 1.05. The van der Waals surface area contributed by atoms with Gasteiger partial charge in [-0.25, -0.2) is 4.72 Å². The zero-order valence-corrected chi connectivity index (χ0v) is 36.7. The molecule has 2 spiro atoms. The van der Waals surface area contributed by atoms with Gasteiger partial charge in [0.15, 0.2) is 0 Å². The highest BCUT2D eigenvalue weighted by atomic mass is 32.2. The van der Waals surface area contributed by atoms with E-state index in [-0.39, 0.29) is 40.8 Å². The molecule has 16 heteroatoms. The van der Waals surface area contributed by atoms with Crippen molar-refractivity contribution in [3.8, 4) is 5.75 Å². The number of nitrogens with zero attached hydrogens (tertiary/aromatic N) is 2. The van der Waals surface area contributed by atoms with Crippen molar-refractivity contribution in [2.24, 2.45) is 28.1 Å². The van der Waals surface area contributed by atoms with E-state index in [0.29, 0.717) is 43.7 Å². The van der Waals surface area contributed by atoms with Crippen LogP contribution in [0.2, 0.25) is 0 Å². The Morgan fingerprint density at radius 2 is 1.66 bits per heavy atom. The van der Waals surface area contributed by atoms with E-state index in [2.05, 4.69) is 52.7 Å². The third kappa shape index (κ3) is 7.05. The smallest absolute Gasteiger partial charge is 0.303 e. The molecule has 2 saturated heterocycles. The Kier molecular flexibility index (Phi) is 11.0. The summed E-state index contributed by atoms with van der Waals surface area (Å²) in [6.07, 6.45) is 10.7. The summed E-state index contributed by atoms with van der Waals surface area (Å²) in [4.78, 5) is 76.6. The number of H-pyrrole nitrogens is 1. The molecule has 6 atom stereocenters. The minimum atomic E-state index is -4.13. The van der Waals surface area contributed by atoms with Crippen molar-refractivity contribution >= 4 is 50.6 Å². The van der Waals surface area contributed by atoms with Crippen LogP contribution in [0.15, 0.2) is 49.1 Å². The predicted octanol–water partition coefficient (Wildman–Crippen LogP) is 4.23. The normalized spacial score (nSPS) is 28.7. The van der Waals surface area contributed by atoms with Gasteiger partial charge >= 0.3 is 10.2 Å². The summed E-state index contributed by atoms with van der Waals surface area (Å²) >= 11 is 0. The second-order valence-corrected chi connectivity index (χ2v) is 20.8. The number of ether oxygens (including phenoxy) is 1. The minimum Gasteiger partial charge on any atom is -0.497 e. The molecule has 1 aromatic heterocycles. The summed E-state index contributed by atoms with van der Waals surface area (Å²) in [6.45, 7) is 14.9. The van der Waals surface area contributed by atoms with Gasteiger partial charge in [-0.05, 0) is 105 Å². The Hall–Kier alpha value is -4.70. The number of carbonyl (C=O) groups is 5. The number of nitrogens with one attached hydrogen (secondary N) is 5. The molecule has 4 saturated carbocycles. The molecular weight excluding hydrogens is 799 g/mol. The van der Waals surface area contributed by atoms with E-state index in [9.17, 15) is 27.6 Å². The van der Waals surface area contributed by atoms with Crippen molar-refractivity contribution in [3.63, 3.8) is 0 Å². The highest BCUT2D eigenvalue weighted by molar-refractivity contribution is 7.87. The minimum absolute atomic E-state index is 0.0538. The highest BCUT2D eigenvalue weighted by Crippen LogP contribution is 2.88. The van der Waals surface area contributed by atoms with E-state index < -0.39 is 69.3 Å². The third-order valence-corrected chi connectivity index (χ3v) is 17.4. The number of methoxy groups -OCH3 is 1. The lowest BCUT2D eigenvalue weighted by Crippen LogP contribution is -2.60. The first-order chi connectivity index (χ1) is 28.9. The molecule has 2 aliphatic heterocycles. The SMILES string of the molecule is C=C[C@@H]1C[C@]1(NC(=O)[C@@H]1C[C@@]2(CN1C(=O)[C@@H](NC(=O)[C@@H](NC(=O)c1cc3cc(OC)ccc3[nH]1)C1CCCCC1)C(=C)C)C(C)(C)C21CCC1)C(=O)NS(=O)(=O)N1CCCC1. The van der Waals surface area contributed by atoms with E-state index in [4.69, 9.17) is 4.74 Å². The number of fused-ring (bicyclic) bond motifs is 2. The maximum atomic E-state index is 15.0. The number of hydrogen-bond acceptors (Lipinski definition) is 8. The molecule has 0 bridgehead atoms. The summed E-state index contributed by atoms with van der Waals surface area (Å²) in [5.41, 5.74) is -0.774. The number of carbonyl (C=O) groups excluding carboxylic acids is 5. The molecule has 6 aliphatic rings. The number of amides is 5. The van der Waals surface area contributed by atoms with Crippen molar-refractivity contribution in [2.75, 3.05) is 26.7 Å². The van der Waals surface area contributed by atoms with Crippen molar-refractivity contribution < 1.29 is 37.1 Å². The van der Waals surface area contributed by atoms with Crippen molar-refractivity contribution in [1.82, 2.24) is 34.9 Å². The largest absolute Gasteiger partial charge is 0.497 e. The number of aromatic nitrogens is 1. The Labute approximate surface area is 358 Å². The van der Waals surface area contributed by atoms with E-state index in [1.54, 1.807) is 31.1 Å². The molecule has 2 aromatic rings. The topological polar surface area (TPSA) is 199 Å². The lowest BCUT2D eigenvalue weighted by Gasteiger charge is -2.33. The van der Waals surface area contributed by atoms with Gasteiger partial charge in [0.25, 0.3) is 11.8 Å². The van der Waals surface area contributed by atoms with Crippen molar-refractivity contribution in [3.05, 3.63) is 54.8 Å². The van der Waals surface area contributed by atoms with Crippen LogP contribution in [0.3, 0.4) is 0 Å². The Bertz CT molecular complexity index is 2270. The first-order valence-corrected chi connectivity index (χ1v) is 23.4. The lowest BCUT2D eigenvalue weighted by atomic mass is 9.73. The molecular formula is C45H61N7O8S. The predicted molar refractivity (Wildman–Crippen MR) is 229 cm³/mol. The average molecular weight is 860 g/mol. The number of benzene rings is 1. The molecule has 8 rings (SSSR count). The van der Waals surface area contributed by atoms with Crippen LogP contribution in [0.4, 0.5) is 0 Å². The standard InChI is InChI=1S/C45H61N7O8S/c1-7-30-24-45(30,41(57)50-61(58,59)51-20-11-12-21-51)49-38(54)34-25-44(42(4,5)43(44)18-13-19-43)26-52(34)40(56)35(27(2)3)47-39(55)36(28-14-9-8-10-15-28)48-37(53)33-23-29-22-31(60-6)16-17-32(29)46-33/h7,16-17,22-23,28,30,34-36,46H,1-2,8-15,18-21,24-26H2,3-6H3,(H,47,55)(H,48,53)(H,49,54)(H,50,57)/t30-,34+,35+,36+,44-,45-/m1/s1. The summed E-state index contributed by atoms with van der Waals surface area (Å²) in [5.74, 6) is -2.90. The summed E-state index contributed by atoms with van der Waals surface area (Å²) in [6, 6.07) is 3.97. The van der Waals surface area contributed by atoms with E-state index in [1.165, 1.54) is 10.4 Å². The third-order valence-electron chi connectivity index (χ3n) is 15.9. The number of aromatic amines is 1. The Morgan fingerprint density at radius 3 is 2.25 bits per heavy atom. The van der Waals surface area contributed by atoms with Crippen LogP contribution in [-0.4, -0.2) is 103 Å². The van der Waals surface area contributed by atoms with Crippen molar-refractivity contribution in [2.45, 2.75) is 121 Å². The number of likely N-dealkylation sites (tertiary alicyclic amines) is 1. The lowest BCUT2D eigenvalue weighted by molar-refractivity contribution is -0.142. The van der Waals surface area contributed by atoms with E-state index in [0.717, 1.165) is 62.3 Å². The van der Waals surface area contributed by atoms with Crippen LogP contribution >= 0.6 is 0 Å². The van der Waals surface area contributed by atoms with Gasteiger partial charge in [0.1, 0.15) is 35.1 Å². The molecule has 5 N–H and O–H groups in total. The molecule has 4 aliphatic carbocycles. The van der Waals surface area contributed by atoms with E-state index >= 15 is 4.79 Å². The molecule has 6 fully saturated rings. The van der Waals surface area contributed by atoms with Gasteiger partial charge < -0.3 is 30.6 Å². The molecule has 0 radical (unpaired) electrons. The van der Waals surface area contributed by atoms with E-state index in [1.807, 2.05) is 12.1 Å². The van der Waals surface area contributed by atoms with Crippen LogP contribution in [0.5, 0.6) is 5.75 Å². The first kappa shape index (κ1) is 43.0. The Morgan fingerprint density at radius 1 is 0.951 bits per heavy atom. The molecule has 3 heterocycles. The zero-order valence-electron chi connectivity index (χ0n) is 35.9. The monoisotopic (exact) mass is 859 g/mol. The summed E-state index contributed by atoms with van der Waals surface area (Å²) in [7, 11) is -2.56. The number of rotatable bonds is 14. The van der Waals surface area contributed by atoms with Crippen molar-refractivity contribution in [1.29, 1.82) is 0 Å². The van der Waals surface area contributed by atoms with Gasteiger partial charge in [0.2, 0.25) is 17.7 Å². The zero-order chi connectivity index (χ0) is 43.7. The van der Waals surface area contributed by atoms with Gasteiger partial charge in [-0.3, -0.25) is 24.0 Å². The van der Waals surface area contributed by atoms with Gasteiger partial charge in [0.05, 0.1) is 7.11 Å². The summed E-state index contributed by atoms with van der Waals surface area (Å²) < 4.78 is 35.1. The molecule has 1 aromatic carbocycles. The fourth-order valence-electron chi connectivity index (χ4n) is 11.8. The second kappa shape index (κ2) is 15.6. The molecule has 5 amide bonds. The maximum absolute atomic E-state index is 15.0. The van der Waals surface area contributed by atoms with Gasteiger partial charge in [-0.2, -0.15) is 12.7 Å². The number of hydrogen-bond donors (Lipinski definition) is 5. The quantitative estimate of drug-likeness (QED) is 0.174. The molecule has 330 valence electrons. The van der Waals surface area contributed by atoms with Crippen LogP contribution in [0.1, 0.15) is 108 Å². The van der Waals surface area contributed by atoms with Crippen LogP contribution in [0, 0.1) is 28.1 Å².